The summed E-state index contributed by atoms with van der Waals surface area (Å²) in [5.41, 5.74) is 6.85. The Morgan fingerprint density at radius 1 is 1.21 bits per heavy atom. The molecule has 0 aliphatic carbocycles. The Morgan fingerprint density at radius 2 is 1.93 bits per heavy atom. The molecule has 0 saturated heterocycles. The molecule has 0 amide bonds. The highest BCUT2D eigenvalue weighted by Gasteiger charge is 2.14. The van der Waals surface area contributed by atoms with Crippen LogP contribution in [-0.2, 0) is 6.54 Å². The summed E-state index contributed by atoms with van der Waals surface area (Å²) in [5, 5.41) is 1.97. The Bertz CT molecular complexity index is 492. The van der Waals surface area contributed by atoms with Crippen LogP contribution in [0.25, 0.3) is 11.0 Å². The molecular formula is C9H6Cl3NO. The van der Waals surface area contributed by atoms with Gasteiger partial charge in [0, 0.05) is 17.5 Å². The van der Waals surface area contributed by atoms with Gasteiger partial charge in [0.2, 0.25) is 0 Å². The molecule has 1 aromatic heterocycles. The molecular weight excluding hydrogens is 244 g/mol. The molecule has 0 radical (unpaired) electrons. The fourth-order valence-corrected chi connectivity index (χ4v) is 2.09. The molecule has 0 spiro atoms. The van der Waals surface area contributed by atoms with Gasteiger partial charge in [-0.25, -0.2) is 0 Å². The lowest BCUT2D eigenvalue weighted by molar-refractivity contribution is 0.611. The summed E-state index contributed by atoms with van der Waals surface area (Å²) in [6, 6.07) is 1.55. The summed E-state index contributed by atoms with van der Waals surface area (Å²) in [6.07, 6.45) is 1.54. The van der Waals surface area contributed by atoms with Crippen molar-refractivity contribution in [1.29, 1.82) is 0 Å². The highest BCUT2D eigenvalue weighted by Crippen LogP contribution is 2.38. The molecule has 0 atom stereocenters. The largest absolute Gasteiger partial charge is 0.462 e. The summed E-state index contributed by atoms with van der Waals surface area (Å²) >= 11 is 17.8. The van der Waals surface area contributed by atoms with Gasteiger partial charge in [0.05, 0.1) is 21.3 Å². The zero-order valence-corrected chi connectivity index (χ0v) is 9.25. The zero-order chi connectivity index (χ0) is 10.3. The molecule has 2 rings (SSSR count). The summed E-state index contributed by atoms with van der Waals surface area (Å²) in [6.45, 7) is 0.337. The molecule has 1 aromatic carbocycles. The van der Waals surface area contributed by atoms with Crippen molar-refractivity contribution in [1.82, 2.24) is 0 Å². The number of furan rings is 1. The van der Waals surface area contributed by atoms with Crippen molar-refractivity contribution in [2.75, 3.05) is 0 Å². The molecule has 0 aliphatic heterocycles. The van der Waals surface area contributed by atoms with Crippen LogP contribution >= 0.6 is 34.8 Å². The van der Waals surface area contributed by atoms with Crippen LogP contribution in [0.4, 0.5) is 0 Å². The number of hydrogen-bond donors (Lipinski definition) is 1. The van der Waals surface area contributed by atoms with Crippen LogP contribution in [0.3, 0.4) is 0 Å². The number of fused-ring (bicyclic) bond motifs is 1. The standard InChI is InChI=1S/C9H6Cl3NO/c10-5-1-6(11)9-7(8(5)12)4(2-13)3-14-9/h1,3H,2,13H2. The molecule has 5 heteroatoms. The third-order valence-corrected chi connectivity index (χ3v) is 3.05. The van der Waals surface area contributed by atoms with Gasteiger partial charge in [-0.1, -0.05) is 34.8 Å². The lowest BCUT2D eigenvalue weighted by Crippen LogP contribution is -1.94. The van der Waals surface area contributed by atoms with Gasteiger partial charge in [0.15, 0.2) is 5.58 Å². The van der Waals surface area contributed by atoms with Gasteiger partial charge in [-0.3, -0.25) is 0 Å². The van der Waals surface area contributed by atoms with E-state index in [1.165, 1.54) is 0 Å². The predicted octanol–water partition coefficient (Wildman–Crippen LogP) is 3.85. The smallest absolute Gasteiger partial charge is 0.154 e. The van der Waals surface area contributed by atoms with E-state index in [0.29, 0.717) is 32.6 Å². The monoisotopic (exact) mass is 249 g/mol. The van der Waals surface area contributed by atoms with E-state index in [4.69, 9.17) is 45.0 Å². The van der Waals surface area contributed by atoms with Crippen LogP contribution < -0.4 is 5.73 Å². The maximum absolute atomic E-state index is 6.02. The van der Waals surface area contributed by atoms with Crippen LogP contribution in [0.15, 0.2) is 16.7 Å². The van der Waals surface area contributed by atoms with E-state index < -0.39 is 0 Å². The van der Waals surface area contributed by atoms with Gasteiger partial charge < -0.3 is 10.2 Å². The van der Waals surface area contributed by atoms with Gasteiger partial charge in [0.1, 0.15) is 0 Å². The molecule has 2 aromatic rings. The highest BCUT2D eigenvalue weighted by molar-refractivity contribution is 6.47. The van der Waals surface area contributed by atoms with Crippen molar-refractivity contribution in [3.05, 3.63) is 33.0 Å². The molecule has 0 saturated carbocycles. The molecule has 0 unspecified atom stereocenters. The average molecular weight is 251 g/mol. The quantitative estimate of drug-likeness (QED) is 0.781. The first-order valence-corrected chi connectivity index (χ1v) is 5.02. The molecule has 14 heavy (non-hydrogen) atoms. The van der Waals surface area contributed by atoms with Crippen molar-refractivity contribution in [2.45, 2.75) is 6.54 Å². The second-order valence-corrected chi connectivity index (χ2v) is 4.02. The Morgan fingerprint density at radius 3 is 2.57 bits per heavy atom. The van der Waals surface area contributed by atoms with Crippen molar-refractivity contribution in [3.8, 4) is 0 Å². The van der Waals surface area contributed by atoms with Crippen molar-refractivity contribution in [3.63, 3.8) is 0 Å². The number of benzene rings is 1. The lowest BCUT2D eigenvalue weighted by Gasteiger charge is -2.00. The molecule has 0 aliphatic rings. The number of nitrogens with two attached hydrogens (primary N) is 1. The van der Waals surface area contributed by atoms with E-state index in [9.17, 15) is 0 Å². The minimum absolute atomic E-state index is 0.337. The molecule has 1 heterocycles. The maximum atomic E-state index is 6.02. The van der Waals surface area contributed by atoms with E-state index in [0.717, 1.165) is 5.56 Å². The first-order chi connectivity index (χ1) is 6.65. The van der Waals surface area contributed by atoms with Crippen molar-refractivity contribution in [2.24, 2.45) is 5.73 Å². The second kappa shape index (κ2) is 3.63. The van der Waals surface area contributed by atoms with E-state index in [1.54, 1.807) is 12.3 Å². The lowest BCUT2D eigenvalue weighted by atomic mass is 10.2. The van der Waals surface area contributed by atoms with Gasteiger partial charge in [-0.2, -0.15) is 0 Å². The van der Waals surface area contributed by atoms with Crippen LogP contribution in [0, 0.1) is 0 Å². The maximum Gasteiger partial charge on any atom is 0.154 e. The normalized spacial score (nSPS) is 11.1. The Kier molecular flexibility index (Phi) is 2.62. The van der Waals surface area contributed by atoms with E-state index in [2.05, 4.69) is 0 Å². The van der Waals surface area contributed by atoms with E-state index in [1.807, 2.05) is 0 Å². The molecule has 0 fully saturated rings. The van der Waals surface area contributed by atoms with Crippen LogP contribution in [-0.4, -0.2) is 0 Å². The average Bonchev–Trinajstić information content (AvgIpc) is 2.58. The third kappa shape index (κ3) is 1.39. The second-order valence-electron chi connectivity index (χ2n) is 2.82. The molecule has 2 nitrogen and oxygen atoms in total. The highest BCUT2D eigenvalue weighted by atomic mass is 35.5. The summed E-state index contributed by atoms with van der Waals surface area (Å²) in [7, 11) is 0. The van der Waals surface area contributed by atoms with Crippen LogP contribution in [0.2, 0.25) is 15.1 Å². The van der Waals surface area contributed by atoms with Crippen molar-refractivity contribution < 1.29 is 4.42 Å². The fraction of sp³-hybridized carbons (Fsp3) is 0.111. The Labute approximate surface area is 95.5 Å². The van der Waals surface area contributed by atoms with Gasteiger partial charge in [-0.05, 0) is 6.07 Å². The Hall–Kier alpha value is -0.410. The summed E-state index contributed by atoms with van der Waals surface area (Å²) in [4.78, 5) is 0. The first-order valence-electron chi connectivity index (χ1n) is 3.88. The predicted molar refractivity (Wildman–Crippen MR) is 59.1 cm³/mol. The van der Waals surface area contributed by atoms with Crippen molar-refractivity contribution >= 4 is 45.8 Å². The van der Waals surface area contributed by atoms with E-state index in [-0.39, 0.29) is 0 Å². The Balaban J connectivity index is 2.92. The molecule has 0 bridgehead atoms. The number of rotatable bonds is 1. The number of hydrogen-bond acceptors (Lipinski definition) is 2. The summed E-state index contributed by atoms with van der Waals surface area (Å²) < 4.78 is 5.25. The van der Waals surface area contributed by atoms with Crippen LogP contribution in [0.1, 0.15) is 5.56 Å². The van der Waals surface area contributed by atoms with Gasteiger partial charge >= 0.3 is 0 Å². The van der Waals surface area contributed by atoms with Crippen LogP contribution in [0.5, 0.6) is 0 Å². The van der Waals surface area contributed by atoms with Gasteiger partial charge in [-0.15, -0.1) is 0 Å². The molecule has 74 valence electrons. The van der Waals surface area contributed by atoms with E-state index >= 15 is 0 Å². The third-order valence-electron chi connectivity index (χ3n) is 1.99. The van der Waals surface area contributed by atoms with Gasteiger partial charge in [0.25, 0.3) is 0 Å². The number of halogens is 3. The summed E-state index contributed by atoms with van der Waals surface area (Å²) in [5.74, 6) is 0. The fourth-order valence-electron chi connectivity index (χ4n) is 1.32. The SMILES string of the molecule is NCc1coc2c(Cl)cc(Cl)c(Cl)c12. The molecule has 2 N–H and O–H groups in total. The zero-order valence-electron chi connectivity index (χ0n) is 6.98. The minimum atomic E-state index is 0.337. The minimum Gasteiger partial charge on any atom is -0.462 e. The first kappa shape index (κ1) is 10.1. The topological polar surface area (TPSA) is 39.2 Å².